The predicted octanol–water partition coefficient (Wildman–Crippen LogP) is 2.08. The lowest BCUT2D eigenvalue weighted by molar-refractivity contribution is -0.126. The molecule has 4 nitrogen and oxygen atoms in total. The van der Waals surface area contributed by atoms with Gasteiger partial charge in [0.2, 0.25) is 0 Å². The van der Waals surface area contributed by atoms with E-state index in [1.165, 1.54) is 0 Å². The van der Waals surface area contributed by atoms with Gasteiger partial charge in [0, 0.05) is 25.2 Å². The number of nitrogens with zero attached hydrogens (tertiary/aromatic N) is 3. The second kappa shape index (κ2) is 5.92. The van der Waals surface area contributed by atoms with Crippen LogP contribution in [0.1, 0.15) is 43.6 Å². The van der Waals surface area contributed by atoms with Gasteiger partial charge in [-0.05, 0) is 38.7 Å². The number of rotatable bonds is 1. The van der Waals surface area contributed by atoms with Gasteiger partial charge in [-0.1, -0.05) is 12.8 Å². The minimum atomic E-state index is -0.0481. The SMILES string of the molecule is CCC#CC(=O)N1CCCC(n2nc(C)cc2C)C1. The summed E-state index contributed by atoms with van der Waals surface area (Å²) < 4.78 is 2.06. The van der Waals surface area contributed by atoms with Crippen LogP contribution in [0.25, 0.3) is 0 Å². The maximum atomic E-state index is 11.9. The Morgan fingerprint density at radius 3 is 2.95 bits per heavy atom. The Labute approximate surface area is 114 Å². The first-order valence-electron chi connectivity index (χ1n) is 6.92. The number of amides is 1. The second-order valence-electron chi connectivity index (χ2n) is 5.07. The summed E-state index contributed by atoms with van der Waals surface area (Å²) in [6.07, 6.45) is 2.82. The van der Waals surface area contributed by atoms with Crippen molar-refractivity contribution in [3.05, 3.63) is 17.5 Å². The molecule has 1 aromatic heterocycles. The van der Waals surface area contributed by atoms with E-state index < -0.39 is 0 Å². The molecule has 0 spiro atoms. The van der Waals surface area contributed by atoms with E-state index in [2.05, 4.69) is 34.6 Å². The number of piperidine rings is 1. The summed E-state index contributed by atoms with van der Waals surface area (Å²) in [6.45, 7) is 7.56. The van der Waals surface area contributed by atoms with E-state index in [0.717, 1.165) is 43.7 Å². The lowest BCUT2D eigenvalue weighted by Crippen LogP contribution is -2.40. The Hall–Kier alpha value is -1.76. The third kappa shape index (κ3) is 3.17. The molecule has 102 valence electrons. The average molecular weight is 259 g/mol. The first-order chi connectivity index (χ1) is 9.11. The Bertz CT molecular complexity index is 521. The number of carbonyl (C=O) groups is 1. The zero-order valence-electron chi connectivity index (χ0n) is 11.9. The van der Waals surface area contributed by atoms with E-state index in [1.54, 1.807) is 0 Å². The van der Waals surface area contributed by atoms with Gasteiger partial charge in [-0.15, -0.1) is 0 Å². The molecule has 0 radical (unpaired) electrons. The number of aromatic nitrogens is 2. The van der Waals surface area contributed by atoms with Crippen LogP contribution in [0, 0.1) is 25.7 Å². The largest absolute Gasteiger partial charge is 0.330 e. The summed E-state index contributed by atoms with van der Waals surface area (Å²) in [4.78, 5) is 13.8. The molecular weight excluding hydrogens is 238 g/mol. The van der Waals surface area contributed by atoms with Crippen molar-refractivity contribution < 1.29 is 4.79 Å². The highest BCUT2D eigenvalue weighted by atomic mass is 16.2. The first kappa shape index (κ1) is 13.7. The van der Waals surface area contributed by atoms with E-state index >= 15 is 0 Å². The second-order valence-corrected chi connectivity index (χ2v) is 5.07. The molecule has 19 heavy (non-hydrogen) atoms. The van der Waals surface area contributed by atoms with Gasteiger partial charge >= 0.3 is 0 Å². The molecule has 2 rings (SSSR count). The monoisotopic (exact) mass is 259 g/mol. The fraction of sp³-hybridized carbons (Fsp3) is 0.600. The van der Waals surface area contributed by atoms with Crippen LogP contribution in [0.3, 0.4) is 0 Å². The third-order valence-electron chi connectivity index (χ3n) is 3.45. The van der Waals surface area contributed by atoms with Gasteiger partial charge in [0.25, 0.3) is 5.91 Å². The van der Waals surface area contributed by atoms with E-state index in [9.17, 15) is 4.79 Å². The predicted molar refractivity (Wildman–Crippen MR) is 74.6 cm³/mol. The summed E-state index contributed by atoms with van der Waals surface area (Å²) in [5.41, 5.74) is 2.20. The van der Waals surface area contributed by atoms with Crippen molar-refractivity contribution in [1.82, 2.24) is 14.7 Å². The van der Waals surface area contributed by atoms with Crippen LogP contribution in [0.15, 0.2) is 6.07 Å². The molecule has 4 heteroatoms. The minimum Gasteiger partial charge on any atom is -0.330 e. The van der Waals surface area contributed by atoms with Crippen molar-refractivity contribution in [1.29, 1.82) is 0 Å². The van der Waals surface area contributed by atoms with Gasteiger partial charge in [-0.3, -0.25) is 9.48 Å². The molecule has 1 aliphatic rings. The van der Waals surface area contributed by atoms with Gasteiger partial charge in [-0.2, -0.15) is 5.10 Å². The molecule has 0 aromatic carbocycles. The van der Waals surface area contributed by atoms with E-state index in [0.29, 0.717) is 0 Å². The maximum Gasteiger partial charge on any atom is 0.298 e. The molecule has 0 bridgehead atoms. The number of likely N-dealkylation sites (tertiary alicyclic amines) is 1. The maximum absolute atomic E-state index is 11.9. The molecule has 1 aromatic rings. The normalized spacial score (nSPS) is 18.9. The van der Waals surface area contributed by atoms with E-state index in [-0.39, 0.29) is 11.9 Å². The molecule has 1 aliphatic heterocycles. The summed E-state index contributed by atoms with van der Waals surface area (Å²) in [5, 5.41) is 4.53. The minimum absolute atomic E-state index is 0.0481. The molecular formula is C15H21N3O. The Kier molecular flexibility index (Phi) is 4.26. The van der Waals surface area contributed by atoms with Crippen LogP contribution in [0.2, 0.25) is 0 Å². The third-order valence-corrected chi connectivity index (χ3v) is 3.45. The van der Waals surface area contributed by atoms with Crippen LogP contribution in [0.4, 0.5) is 0 Å². The fourth-order valence-electron chi connectivity index (χ4n) is 2.60. The number of carbonyl (C=O) groups excluding carboxylic acids is 1. The first-order valence-corrected chi connectivity index (χ1v) is 6.92. The lowest BCUT2D eigenvalue weighted by Gasteiger charge is -2.32. The Morgan fingerprint density at radius 2 is 2.32 bits per heavy atom. The van der Waals surface area contributed by atoms with Gasteiger partial charge in [0.05, 0.1) is 11.7 Å². The van der Waals surface area contributed by atoms with Crippen LogP contribution in [-0.2, 0) is 4.79 Å². The van der Waals surface area contributed by atoms with E-state index in [1.807, 2.05) is 18.7 Å². The zero-order valence-corrected chi connectivity index (χ0v) is 11.9. The van der Waals surface area contributed by atoms with Crippen LogP contribution in [0.5, 0.6) is 0 Å². The van der Waals surface area contributed by atoms with Crippen molar-refractivity contribution in [2.24, 2.45) is 0 Å². The van der Waals surface area contributed by atoms with Gasteiger partial charge in [0.15, 0.2) is 0 Å². The van der Waals surface area contributed by atoms with Crippen molar-refractivity contribution in [2.45, 2.75) is 46.1 Å². The summed E-state index contributed by atoms with van der Waals surface area (Å²) in [7, 11) is 0. The molecule has 1 saturated heterocycles. The van der Waals surface area contributed by atoms with Gasteiger partial charge < -0.3 is 4.90 Å². The molecule has 0 N–H and O–H groups in total. The Balaban J connectivity index is 2.09. The van der Waals surface area contributed by atoms with Crippen molar-refractivity contribution in [2.75, 3.05) is 13.1 Å². The topological polar surface area (TPSA) is 38.1 Å². The quantitative estimate of drug-likeness (QED) is 0.724. The van der Waals surface area contributed by atoms with Crippen LogP contribution >= 0.6 is 0 Å². The van der Waals surface area contributed by atoms with Gasteiger partial charge in [-0.25, -0.2) is 0 Å². The average Bonchev–Trinajstić information content (AvgIpc) is 2.75. The summed E-state index contributed by atoms with van der Waals surface area (Å²) >= 11 is 0. The lowest BCUT2D eigenvalue weighted by atomic mass is 10.1. The van der Waals surface area contributed by atoms with Crippen molar-refractivity contribution >= 4 is 5.91 Å². The van der Waals surface area contributed by atoms with Crippen molar-refractivity contribution in [3.63, 3.8) is 0 Å². The molecule has 1 fully saturated rings. The highest BCUT2D eigenvalue weighted by molar-refractivity contribution is 5.93. The van der Waals surface area contributed by atoms with Crippen LogP contribution < -0.4 is 0 Å². The summed E-state index contributed by atoms with van der Waals surface area (Å²) in [6, 6.07) is 2.37. The van der Waals surface area contributed by atoms with Gasteiger partial charge in [0.1, 0.15) is 0 Å². The molecule has 0 aliphatic carbocycles. The fourth-order valence-corrected chi connectivity index (χ4v) is 2.60. The zero-order chi connectivity index (χ0) is 13.8. The number of hydrogen-bond acceptors (Lipinski definition) is 2. The van der Waals surface area contributed by atoms with E-state index in [4.69, 9.17) is 0 Å². The Morgan fingerprint density at radius 1 is 1.53 bits per heavy atom. The molecule has 1 amide bonds. The highest BCUT2D eigenvalue weighted by Gasteiger charge is 2.25. The molecule has 2 heterocycles. The summed E-state index contributed by atoms with van der Waals surface area (Å²) in [5.74, 6) is 5.50. The molecule has 0 saturated carbocycles. The van der Waals surface area contributed by atoms with Crippen LogP contribution in [-0.4, -0.2) is 33.7 Å². The highest BCUT2D eigenvalue weighted by Crippen LogP contribution is 2.22. The molecule has 1 atom stereocenters. The molecule has 1 unspecified atom stereocenters. The standard InChI is InChI=1S/C15H21N3O/c1-4-5-8-15(19)17-9-6-7-14(11-17)18-13(3)10-12(2)16-18/h10,14H,4,6-7,9,11H2,1-3H3. The number of hydrogen-bond donors (Lipinski definition) is 0. The smallest absolute Gasteiger partial charge is 0.298 e. The van der Waals surface area contributed by atoms with Crippen molar-refractivity contribution in [3.8, 4) is 11.8 Å². The number of aryl methyl sites for hydroxylation is 2.